The highest BCUT2D eigenvalue weighted by molar-refractivity contribution is 8.77. The molecule has 1 aliphatic heterocycles. The van der Waals surface area contributed by atoms with Gasteiger partial charge in [-0.25, -0.2) is 0 Å². The molecule has 1 N–H and O–H groups in total. The summed E-state index contributed by atoms with van der Waals surface area (Å²) < 4.78 is 4.92. The Morgan fingerprint density at radius 2 is 2.29 bits per heavy atom. The highest BCUT2D eigenvalue weighted by Crippen LogP contribution is 2.39. The third kappa shape index (κ3) is 7.95. The van der Waals surface area contributed by atoms with Gasteiger partial charge in [-0.3, -0.25) is 4.79 Å². The maximum Gasteiger partial charge on any atom is 0.219 e. The van der Waals surface area contributed by atoms with Crippen LogP contribution in [0.5, 0.6) is 0 Å². The van der Waals surface area contributed by atoms with E-state index in [1.165, 1.54) is 25.0 Å². The molecule has 1 unspecified atom stereocenters. The number of methoxy groups -OCH3 is 1. The quantitative estimate of drug-likeness (QED) is 0.519. The van der Waals surface area contributed by atoms with Gasteiger partial charge in [-0.1, -0.05) is 28.0 Å². The van der Waals surface area contributed by atoms with Gasteiger partial charge in [0.2, 0.25) is 5.91 Å². The molecule has 0 aromatic rings. The number of unbranched alkanes of at least 4 members (excludes halogenated alkanes) is 1. The van der Waals surface area contributed by atoms with Crippen LogP contribution in [-0.2, 0) is 9.53 Å². The number of amides is 1. The standard InChI is InChI=1S/C12H23NO2S2/c1-15-9-4-8-13-12(14)6-3-2-5-11-7-10-16-17-11/h11H,2-10H2,1H3,(H,13,14). The smallest absolute Gasteiger partial charge is 0.219 e. The van der Waals surface area contributed by atoms with E-state index in [-0.39, 0.29) is 5.91 Å². The van der Waals surface area contributed by atoms with E-state index in [1.807, 2.05) is 21.6 Å². The van der Waals surface area contributed by atoms with Crippen molar-refractivity contribution >= 4 is 27.5 Å². The maximum absolute atomic E-state index is 11.4. The maximum atomic E-state index is 11.4. The Balaban J connectivity index is 1.85. The third-order valence-corrected chi connectivity index (χ3v) is 5.76. The predicted molar refractivity (Wildman–Crippen MR) is 76.4 cm³/mol. The Labute approximate surface area is 112 Å². The Hall–Kier alpha value is 0.130. The molecule has 1 fully saturated rings. The first kappa shape index (κ1) is 15.2. The third-order valence-electron chi connectivity index (χ3n) is 2.75. The highest BCUT2D eigenvalue weighted by Gasteiger charge is 2.15. The summed E-state index contributed by atoms with van der Waals surface area (Å²) in [4.78, 5) is 11.4. The van der Waals surface area contributed by atoms with Crippen LogP contribution < -0.4 is 5.32 Å². The van der Waals surface area contributed by atoms with Gasteiger partial charge in [0.15, 0.2) is 0 Å². The normalized spacial score (nSPS) is 19.5. The summed E-state index contributed by atoms with van der Waals surface area (Å²) in [6.45, 7) is 1.46. The predicted octanol–water partition coefficient (Wildman–Crippen LogP) is 2.85. The molecule has 1 atom stereocenters. The zero-order valence-electron chi connectivity index (χ0n) is 10.6. The van der Waals surface area contributed by atoms with Gasteiger partial charge in [-0.2, -0.15) is 0 Å². The molecule has 0 radical (unpaired) electrons. The molecule has 1 rings (SSSR count). The van der Waals surface area contributed by atoms with Crippen LogP contribution in [0.15, 0.2) is 0 Å². The first-order chi connectivity index (χ1) is 8.33. The number of carbonyl (C=O) groups is 1. The zero-order valence-corrected chi connectivity index (χ0v) is 12.2. The van der Waals surface area contributed by atoms with Crippen LogP contribution in [-0.4, -0.2) is 37.2 Å². The first-order valence-electron chi connectivity index (χ1n) is 6.37. The monoisotopic (exact) mass is 277 g/mol. The fourth-order valence-corrected chi connectivity index (χ4v) is 4.78. The highest BCUT2D eigenvalue weighted by atomic mass is 33.1. The van der Waals surface area contributed by atoms with Crippen molar-refractivity contribution in [1.29, 1.82) is 0 Å². The lowest BCUT2D eigenvalue weighted by Crippen LogP contribution is -2.24. The first-order valence-corrected chi connectivity index (χ1v) is 8.75. The van der Waals surface area contributed by atoms with Gasteiger partial charge in [0.05, 0.1) is 0 Å². The Morgan fingerprint density at radius 3 is 3.00 bits per heavy atom. The van der Waals surface area contributed by atoms with Crippen LogP contribution in [0.4, 0.5) is 0 Å². The van der Waals surface area contributed by atoms with Crippen LogP contribution in [0.25, 0.3) is 0 Å². The van der Waals surface area contributed by atoms with Crippen molar-refractivity contribution in [2.75, 3.05) is 26.0 Å². The molecule has 1 heterocycles. The van der Waals surface area contributed by atoms with Gasteiger partial charge < -0.3 is 10.1 Å². The lowest BCUT2D eigenvalue weighted by Gasteiger charge is -2.07. The molecule has 5 heteroatoms. The van der Waals surface area contributed by atoms with E-state index in [4.69, 9.17) is 4.74 Å². The topological polar surface area (TPSA) is 38.3 Å². The Kier molecular flexibility index (Phi) is 9.01. The van der Waals surface area contributed by atoms with E-state index in [9.17, 15) is 4.79 Å². The average Bonchev–Trinajstić information content (AvgIpc) is 2.83. The minimum Gasteiger partial charge on any atom is -0.385 e. The van der Waals surface area contributed by atoms with Crippen molar-refractivity contribution < 1.29 is 9.53 Å². The minimum atomic E-state index is 0.189. The molecule has 100 valence electrons. The van der Waals surface area contributed by atoms with Crippen LogP contribution in [0.3, 0.4) is 0 Å². The van der Waals surface area contributed by atoms with Crippen molar-refractivity contribution in [2.45, 2.75) is 43.8 Å². The molecule has 1 amide bonds. The second-order valence-corrected chi connectivity index (χ2v) is 7.06. The van der Waals surface area contributed by atoms with Crippen LogP contribution in [0.2, 0.25) is 0 Å². The lowest BCUT2D eigenvalue weighted by atomic mass is 10.1. The summed E-state index contributed by atoms with van der Waals surface area (Å²) in [5.74, 6) is 1.49. The van der Waals surface area contributed by atoms with Crippen LogP contribution >= 0.6 is 21.6 Å². The summed E-state index contributed by atoms with van der Waals surface area (Å²) in [5.41, 5.74) is 0. The number of nitrogens with one attached hydrogen (secondary N) is 1. The number of rotatable bonds is 9. The second kappa shape index (κ2) is 10.1. The molecule has 0 saturated carbocycles. The molecule has 0 aliphatic carbocycles. The van der Waals surface area contributed by atoms with Crippen molar-refractivity contribution in [1.82, 2.24) is 5.32 Å². The zero-order chi connectivity index (χ0) is 12.3. The van der Waals surface area contributed by atoms with E-state index in [1.54, 1.807) is 7.11 Å². The molecular formula is C12H23NO2S2. The summed E-state index contributed by atoms with van der Waals surface area (Å²) in [6.07, 6.45) is 6.41. The molecule has 1 saturated heterocycles. The molecular weight excluding hydrogens is 254 g/mol. The summed E-state index contributed by atoms with van der Waals surface area (Å²) in [5, 5.41) is 3.76. The molecule has 0 aromatic heterocycles. The SMILES string of the molecule is COCCCNC(=O)CCCCC1CCSS1. The van der Waals surface area contributed by atoms with Gasteiger partial charge in [0, 0.05) is 37.7 Å². The number of hydrogen-bond donors (Lipinski definition) is 1. The van der Waals surface area contributed by atoms with Gasteiger partial charge in [0.25, 0.3) is 0 Å². The van der Waals surface area contributed by atoms with Gasteiger partial charge in [-0.15, -0.1) is 0 Å². The summed E-state index contributed by atoms with van der Waals surface area (Å²) in [7, 11) is 5.69. The molecule has 1 aliphatic rings. The van der Waals surface area contributed by atoms with E-state index >= 15 is 0 Å². The largest absolute Gasteiger partial charge is 0.385 e. The minimum absolute atomic E-state index is 0.189. The van der Waals surface area contributed by atoms with Crippen LogP contribution in [0.1, 0.15) is 38.5 Å². The molecule has 0 bridgehead atoms. The Bertz CT molecular complexity index is 209. The van der Waals surface area contributed by atoms with Crippen LogP contribution in [0, 0.1) is 0 Å². The van der Waals surface area contributed by atoms with Gasteiger partial charge >= 0.3 is 0 Å². The fraction of sp³-hybridized carbons (Fsp3) is 0.917. The average molecular weight is 277 g/mol. The number of hydrogen-bond acceptors (Lipinski definition) is 4. The summed E-state index contributed by atoms with van der Waals surface area (Å²) in [6, 6.07) is 0. The van der Waals surface area contributed by atoms with Gasteiger partial charge in [0.1, 0.15) is 0 Å². The van der Waals surface area contributed by atoms with Crippen molar-refractivity contribution in [3.05, 3.63) is 0 Å². The molecule has 0 spiro atoms. The fourth-order valence-electron chi connectivity index (χ4n) is 1.75. The molecule has 3 nitrogen and oxygen atoms in total. The van der Waals surface area contributed by atoms with E-state index in [0.717, 1.165) is 31.2 Å². The number of ether oxygens (including phenoxy) is 1. The number of carbonyl (C=O) groups excluding carboxylic acids is 1. The second-order valence-electron chi connectivity index (χ2n) is 4.27. The van der Waals surface area contributed by atoms with E-state index in [0.29, 0.717) is 6.42 Å². The van der Waals surface area contributed by atoms with Crippen molar-refractivity contribution in [3.63, 3.8) is 0 Å². The molecule has 17 heavy (non-hydrogen) atoms. The lowest BCUT2D eigenvalue weighted by molar-refractivity contribution is -0.121. The summed E-state index contributed by atoms with van der Waals surface area (Å²) >= 11 is 0. The van der Waals surface area contributed by atoms with E-state index in [2.05, 4.69) is 5.32 Å². The Morgan fingerprint density at radius 1 is 1.41 bits per heavy atom. The van der Waals surface area contributed by atoms with Crippen molar-refractivity contribution in [2.24, 2.45) is 0 Å². The van der Waals surface area contributed by atoms with Gasteiger partial charge in [-0.05, 0) is 25.7 Å². The molecule has 0 aromatic carbocycles. The van der Waals surface area contributed by atoms with E-state index < -0.39 is 0 Å². The van der Waals surface area contributed by atoms with Crippen molar-refractivity contribution in [3.8, 4) is 0 Å².